The van der Waals surface area contributed by atoms with Crippen molar-refractivity contribution in [3.8, 4) is 0 Å². The van der Waals surface area contributed by atoms with E-state index in [1.807, 2.05) is 13.8 Å². The molecule has 90 valence electrons. The Morgan fingerprint density at radius 2 is 1.73 bits per heavy atom. The molecular formula is C10H22N2O3. The van der Waals surface area contributed by atoms with E-state index in [1.165, 1.54) is 0 Å². The van der Waals surface area contributed by atoms with Gasteiger partial charge in [-0.15, -0.1) is 0 Å². The summed E-state index contributed by atoms with van der Waals surface area (Å²) in [6, 6.07) is 0. The maximum absolute atomic E-state index is 10.8. The molecule has 5 heteroatoms. The van der Waals surface area contributed by atoms with E-state index in [9.17, 15) is 4.79 Å². The topological polar surface area (TPSA) is 95.6 Å². The molecule has 0 aliphatic rings. The molecule has 0 aliphatic carbocycles. The van der Waals surface area contributed by atoms with Crippen molar-refractivity contribution in [2.24, 2.45) is 11.1 Å². The van der Waals surface area contributed by atoms with Crippen LogP contribution in [-0.4, -0.2) is 41.4 Å². The van der Waals surface area contributed by atoms with Gasteiger partial charge in [0.1, 0.15) is 0 Å². The minimum Gasteiger partial charge on any atom is -0.396 e. The monoisotopic (exact) mass is 218 g/mol. The van der Waals surface area contributed by atoms with E-state index >= 15 is 0 Å². The van der Waals surface area contributed by atoms with Crippen LogP contribution in [0.1, 0.15) is 27.2 Å². The van der Waals surface area contributed by atoms with Gasteiger partial charge >= 0.3 is 0 Å². The first-order chi connectivity index (χ1) is 6.74. The third-order valence-corrected chi connectivity index (χ3v) is 2.37. The molecule has 0 saturated heterocycles. The highest BCUT2D eigenvalue weighted by molar-refractivity contribution is 5.74. The van der Waals surface area contributed by atoms with E-state index in [2.05, 4.69) is 5.32 Å². The fraction of sp³-hybridized carbons (Fsp3) is 0.900. The van der Waals surface area contributed by atoms with Gasteiger partial charge in [0.25, 0.3) is 0 Å². The highest BCUT2D eigenvalue weighted by atomic mass is 16.3. The van der Waals surface area contributed by atoms with Crippen LogP contribution in [-0.2, 0) is 4.79 Å². The quantitative estimate of drug-likeness (QED) is 0.451. The predicted octanol–water partition coefficient (Wildman–Crippen LogP) is -0.779. The van der Waals surface area contributed by atoms with Crippen molar-refractivity contribution in [3.05, 3.63) is 0 Å². The Balaban J connectivity index is 4.18. The molecule has 5 N–H and O–H groups in total. The summed E-state index contributed by atoms with van der Waals surface area (Å²) in [6.07, 6.45) is 0.222. The van der Waals surface area contributed by atoms with E-state index in [0.29, 0.717) is 6.54 Å². The minimum absolute atomic E-state index is 0.108. The lowest BCUT2D eigenvalue weighted by atomic mass is 9.90. The number of carbonyl (C=O) groups is 1. The van der Waals surface area contributed by atoms with Gasteiger partial charge in [0.2, 0.25) is 5.91 Å². The zero-order valence-corrected chi connectivity index (χ0v) is 9.71. The largest absolute Gasteiger partial charge is 0.396 e. The zero-order valence-electron chi connectivity index (χ0n) is 9.71. The van der Waals surface area contributed by atoms with Gasteiger partial charge in [-0.2, -0.15) is 0 Å². The Kier molecular flexibility index (Phi) is 5.20. The van der Waals surface area contributed by atoms with E-state index in [0.717, 1.165) is 0 Å². The third kappa shape index (κ3) is 5.71. The molecule has 0 heterocycles. The van der Waals surface area contributed by atoms with Crippen molar-refractivity contribution in [1.82, 2.24) is 5.32 Å². The number of carbonyl (C=O) groups excluding carboxylic acids is 1. The molecule has 0 atom stereocenters. The van der Waals surface area contributed by atoms with Crippen molar-refractivity contribution in [2.75, 3.05) is 19.8 Å². The number of primary amides is 1. The van der Waals surface area contributed by atoms with Crippen LogP contribution < -0.4 is 11.1 Å². The molecule has 0 fully saturated rings. The van der Waals surface area contributed by atoms with Gasteiger partial charge in [0, 0.05) is 23.9 Å². The molecule has 0 aromatic rings. The summed E-state index contributed by atoms with van der Waals surface area (Å²) in [6.45, 7) is 5.69. The van der Waals surface area contributed by atoms with Gasteiger partial charge in [0.15, 0.2) is 0 Å². The molecule has 0 unspecified atom stereocenters. The third-order valence-electron chi connectivity index (χ3n) is 2.37. The molecule has 5 nitrogen and oxygen atoms in total. The maximum atomic E-state index is 10.8. The van der Waals surface area contributed by atoms with Gasteiger partial charge in [0.05, 0.1) is 13.2 Å². The van der Waals surface area contributed by atoms with Gasteiger partial charge in [-0.1, -0.05) is 6.92 Å². The van der Waals surface area contributed by atoms with Crippen LogP contribution >= 0.6 is 0 Å². The Labute approximate surface area is 90.7 Å². The first-order valence-corrected chi connectivity index (χ1v) is 5.00. The Bertz CT molecular complexity index is 213. The molecule has 0 spiro atoms. The highest BCUT2D eigenvalue weighted by Crippen LogP contribution is 2.15. The summed E-state index contributed by atoms with van der Waals surface area (Å²) in [4.78, 5) is 10.8. The average molecular weight is 218 g/mol. The average Bonchev–Trinajstić information content (AvgIpc) is 2.12. The van der Waals surface area contributed by atoms with Crippen LogP contribution in [0, 0.1) is 5.41 Å². The van der Waals surface area contributed by atoms with Crippen LogP contribution in [0.4, 0.5) is 0 Å². The Morgan fingerprint density at radius 3 is 2.07 bits per heavy atom. The zero-order chi connectivity index (χ0) is 12.1. The van der Waals surface area contributed by atoms with Crippen molar-refractivity contribution in [2.45, 2.75) is 32.7 Å². The summed E-state index contributed by atoms with van der Waals surface area (Å²) in [5.74, 6) is -0.373. The first kappa shape index (κ1) is 14.3. The van der Waals surface area contributed by atoms with E-state index < -0.39 is 11.0 Å². The predicted molar refractivity (Wildman–Crippen MR) is 58.2 cm³/mol. The molecule has 0 aliphatic heterocycles. The SMILES string of the molecule is CC(CO)(CO)CNC(C)(C)CC(N)=O. The van der Waals surface area contributed by atoms with Crippen molar-refractivity contribution in [3.63, 3.8) is 0 Å². The van der Waals surface area contributed by atoms with Crippen molar-refractivity contribution < 1.29 is 15.0 Å². The number of aliphatic hydroxyl groups excluding tert-OH is 2. The standard InChI is InChI=1S/C10H22N2O3/c1-9(2,4-8(11)15)12-5-10(3,6-13)7-14/h12-14H,4-7H2,1-3H3,(H2,11,15). The molecule has 0 rings (SSSR count). The minimum atomic E-state index is -0.574. The summed E-state index contributed by atoms with van der Waals surface area (Å²) >= 11 is 0. The molecule has 0 aromatic carbocycles. The number of nitrogens with two attached hydrogens (primary N) is 1. The van der Waals surface area contributed by atoms with Crippen molar-refractivity contribution >= 4 is 5.91 Å². The lowest BCUT2D eigenvalue weighted by Gasteiger charge is -2.32. The van der Waals surface area contributed by atoms with E-state index in [1.54, 1.807) is 6.92 Å². The van der Waals surface area contributed by atoms with Gasteiger partial charge in [-0.05, 0) is 13.8 Å². The smallest absolute Gasteiger partial charge is 0.219 e. The highest BCUT2D eigenvalue weighted by Gasteiger charge is 2.27. The van der Waals surface area contributed by atoms with Gasteiger partial charge in [-0.3, -0.25) is 4.79 Å². The van der Waals surface area contributed by atoms with Crippen LogP contribution in [0.15, 0.2) is 0 Å². The summed E-state index contributed by atoms with van der Waals surface area (Å²) in [5.41, 5.74) is 4.11. The number of hydrogen-bond acceptors (Lipinski definition) is 4. The lowest BCUT2D eigenvalue weighted by Crippen LogP contribution is -2.49. The van der Waals surface area contributed by atoms with E-state index in [-0.39, 0.29) is 25.5 Å². The van der Waals surface area contributed by atoms with E-state index in [4.69, 9.17) is 15.9 Å². The normalized spacial score (nSPS) is 12.9. The summed E-state index contributed by atoms with van der Waals surface area (Å²) < 4.78 is 0. The number of rotatable bonds is 7. The Hall–Kier alpha value is -0.650. The number of amides is 1. The molecule has 0 aromatic heterocycles. The second-order valence-electron chi connectivity index (χ2n) is 5.01. The lowest BCUT2D eigenvalue weighted by molar-refractivity contribution is -0.119. The van der Waals surface area contributed by atoms with Crippen LogP contribution in [0.3, 0.4) is 0 Å². The fourth-order valence-electron chi connectivity index (χ4n) is 1.11. The second kappa shape index (κ2) is 5.44. The van der Waals surface area contributed by atoms with Crippen molar-refractivity contribution in [1.29, 1.82) is 0 Å². The fourth-order valence-corrected chi connectivity index (χ4v) is 1.11. The van der Waals surface area contributed by atoms with Crippen LogP contribution in [0.5, 0.6) is 0 Å². The van der Waals surface area contributed by atoms with Crippen LogP contribution in [0.2, 0.25) is 0 Å². The molecule has 0 radical (unpaired) electrons. The molecular weight excluding hydrogens is 196 g/mol. The number of aliphatic hydroxyl groups is 2. The maximum Gasteiger partial charge on any atom is 0.219 e. The Morgan fingerprint density at radius 1 is 1.27 bits per heavy atom. The molecule has 0 bridgehead atoms. The molecule has 1 amide bonds. The number of hydrogen-bond donors (Lipinski definition) is 4. The van der Waals surface area contributed by atoms with Gasteiger partial charge < -0.3 is 21.3 Å². The number of nitrogens with one attached hydrogen (secondary N) is 1. The molecule has 15 heavy (non-hydrogen) atoms. The second-order valence-corrected chi connectivity index (χ2v) is 5.01. The summed E-state index contributed by atoms with van der Waals surface area (Å²) in [7, 11) is 0. The first-order valence-electron chi connectivity index (χ1n) is 5.00. The van der Waals surface area contributed by atoms with Crippen LogP contribution in [0.25, 0.3) is 0 Å². The van der Waals surface area contributed by atoms with Gasteiger partial charge in [-0.25, -0.2) is 0 Å². The summed E-state index contributed by atoms with van der Waals surface area (Å²) in [5, 5.41) is 21.3. The molecule has 0 saturated carbocycles.